The van der Waals surface area contributed by atoms with Crippen molar-refractivity contribution in [3.8, 4) is 0 Å². The highest BCUT2D eigenvalue weighted by Gasteiger charge is 2.64. The number of hydrogen-bond donors (Lipinski definition) is 0. The molecule has 0 aliphatic heterocycles. The Hall–Kier alpha value is -0.280. The van der Waals surface area contributed by atoms with Crippen LogP contribution in [0.4, 0.5) is 17.6 Å². The van der Waals surface area contributed by atoms with E-state index in [0.29, 0.717) is 0 Å². The van der Waals surface area contributed by atoms with Gasteiger partial charge in [0.2, 0.25) is 0 Å². The van der Waals surface area contributed by atoms with Crippen molar-refractivity contribution in [3.63, 3.8) is 0 Å². The molecule has 1 aliphatic rings. The molecular weight excluding hydrogens is 172 g/mol. The van der Waals surface area contributed by atoms with Crippen LogP contribution in [0.25, 0.3) is 0 Å². The van der Waals surface area contributed by atoms with E-state index in [1.165, 1.54) is 0 Å². The molecule has 0 aromatic carbocycles. The Morgan fingerprint density at radius 2 is 1.00 bits per heavy atom. The molecule has 0 radical (unpaired) electrons. The first kappa shape index (κ1) is 11.7. The lowest BCUT2D eigenvalue weighted by Crippen LogP contribution is -2.50. The molecule has 1 rings (SSSR count). The van der Waals surface area contributed by atoms with E-state index >= 15 is 0 Å². The zero-order chi connectivity index (χ0) is 9.99. The van der Waals surface area contributed by atoms with E-state index in [2.05, 4.69) is 20.8 Å². The molecule has 74 valence electrons. The quantitative estimate of drug-likeness (QED) is 0.506. The molecule has 0 N–H and O–H groups in total. The van der Waals surface area contributed by atoms with Gasteiger partial charge in [0.25, 0.3) is 0 Å². The third kappa shape index (κ3) is 2.99. The molecule has 0 atom stereocenters. The van der Waals surface area contributed by atoms with Gasteiger partial charge in [-0.25, -0.2) is 0 Å². The van der Waals surface area contributed by atoms with Crippen molar-refractivity contribution in [2.45, 2.75) is 45.5 Å². The van der Waals surface area contributed by atoms with Gasteiger partial charge in [0.1, 0.15) is 0 Å². The minimum Gasteiger partial charge on any atom is -0.200 e. The average molecular weight is 186 g/mol. The van der Waals surface area contributed by atoms with Crippen molar-refractivity contribution < 1.29 is 17.6 Å². The number of alkyl halides is 4. The van der Waals surface area contributed by atoms with Crippen molar-refractivity contribution in [3.05, 3.63) is 0 Å². The van der Waals surface area contributed by atoms with Gasteiger partial charge in [0.15, 0.2) is 0 Å². The first-order valence-corrected chi connectivity index (χ1v) is 3.95. The van der Waals surface area contributed by atoms with Gasteiger partial charge in [0, 0.05) is 12.8 Å². The van der Waals surface area contributed by atoms with Gasteiger partial charge < -0.3 is 0 Å². The Morgan fingerprint density at radius 1 is 0.833 bits per heavy atom. The molecule has 0 aromatic heterocycles. The second-order valence-corrected chi connectivity index (χ2v) is 3.64. The number of hydrogen-bond acceptors (Lipinski definition) is 0. The van der Waals surface area contributed by atoms with Gasteiger partial charge >= 0.3 is 11.8 Å². The summed E-state index contributed by atoms with van der Waals surface area (Å²) >= 11 is 0. The lowest BCUT2D eigenvalue weighted by molar-refractivity contribution is -0.275. The van der Waals surface area contributed by atoms with Gasteiger partial charge in [-0.2, -0.15) is 17.6 Å². The zero-order valence-corrected chi connectivity index (χ0v) is 7.50. The van der Waals surface area contributed by atoms with E-state index in [1.807, 2.05) is 0 Å². The maximum atomic E-state index is 11.6. The molecule has 0 nitrogen and oxygen atoms in total. The van der Waals surface area contributed by atoms with Crippen LogP contribution in [-0.4, -0.2) is 11.8 Å². The van der Waals surface area contributed by atoms with Crippen molar-refractivity contribution in [2.24, 2.45) is 5.92 Å². The maximum Gasteiger partial charge on any atom is 0.310 e. The SMILES string of the molecule is CC(C)C.FC1(F)CCC1(F)F. The Balaban J connectivity index is 0.000000261. The normalized spacial score (nSPS) is 24.0. The summed E-state index contributed by atoms with van der Waals surface area (Å²) in [5, 5.41) is 0. The van der Waals surface area contributed by atoms with E-state index in [1.54, 1.807) is 0 Å². The maximum absolute atomic E-state index is 11.6. The second-order valence-electron chi connectivity index (χ2n) is 3.64. The molecule has 4 heteroatoms. The van der Waals surface area contributed by atoms with Crippen LogP contribution in [-0.2, 0) is 0 Å². The topological polar surface area (TPSA) is 0 Å². The van der Waals surface area contributed by atoms with Crippen LogP contribution in [0.2, 0.25) is 0 Å². The van der Waals surface area contributed by atoms with Crippen LogP contribution >= 0.6 is 0 Å². The summed E-state index contributed by atoms with van der Waals surface area (Å²) in [5.41, 5.74) is 0. The van der Waals surface area contributed by atoms with E-state index in [0.717, 1.165) is 5.92 Å². The Kier molecular flexibility index (Phi) is 3.54. The van der Waals surface area contributed by atoms with Crippen LogP contribution in [0.5, 0.6) is 0 Å². The highest BCUT2D eigenvalue weighted by Crippen LogP contribution is 2.50. The molecule has 0 heterocycles. The number of rotatable bonds is 0. The van der Waals surface area contributed by atoms with E-state index in [-0.39, 0.29) is 0 Å². The molecule has 1 saturated carbocycles. The van der Waals surface area contributed by atoms with Crippen molar-refractivity contribution in [2.75, 3.05) is 0 Å². The molecule has 0 aromatic rings. The van der Waals surface area contributed by atoms with E-state index in [9.17, 15) is 17.6 Å². The largest absolute Gasteiger partial charge is 0.310 e. The fraction of sp³-hybridized carbons (Fsp3) is 1.00. The van der Waals surface area contributed by atoms with Crippen LogP contribution in [0, 0.1) is 5.92 Å². The number of halogens is 4. The summed E-state index contributed by atoms with van der Waals surface area (Å²) in [6.45, 7) is 6.50. The van der Waals surface area contributed by atoms with Gasteiger partial charge in [-0.05, 0) is 5.92 Å². The molecule has 0 amide bonds. The molecule has 0 spiro atoms. The summed E-state index contributed by atoms with van der Waals surface area (Å²) in [7, 11) is 0. The Morgan fingerprint density at radius 3 is 1.00 bits per heavy atom. The Bertz CT molecular complexity index is 123. The summed E-state index contributed by atoms with van der Waals surface area (Å²) < 4.78 is 46.3. The van der Waals surface area contributed by atoms with Gasteiger partial charge in [0.05, 0.1) is 0 Å². The fourth-order valence-electron chi connectivity index (χ4n) is 0.503. The van der Waals surface area contributed by atoms with Crippen molar-refractivity contribution in [1.82, 2.24) is 0 Å². The van der Waals surface area contributed by atoms with Crippen LogP contribution in [0.15, 0.2) is 0 Å². The van der Waals surface area contributed by atoms with Gasteiger partial charge in [-0.15, -0.1) is 0 Å². The average Bonchev–Trinajstić information content (AvgIpc) is 1.84. The molecule has 1 fully saturated rings. The molecule has 0 saturated heterocycles. The molecule has 0 bridgehead atoms. The molecular formula is C8H14F4. The summed E-state index contributed by atoms with van der Waals surface area (Å²) in [6, 6.07) is 0. The van der Waals surface area contributed by atoms with Crippen LogP contribution in [0.3, 0.4) is 0 Å². The highest BCUT2D eigenvalue weighted by atomic mass is 19.3. The third-order valence-electron chi connectivity index (χ3n) is 1.29. The lowest BCUT2D eigenvalue weighted by atomic mass is 9.90. The minimum absolute atomic E-state index is 0.667. The lowest BCUT2D eigenvalue weighted by Gasteiger charge is -2.35. The van der Waals surface area contributed by atoms with Crippen molar-refractivity contribution >= 4 is 0 Å². The third-order valence-corrected chi connectivity index (χ3v) is 1.29. The van der Waals surface area contributed by atoms with Crippen molar-refractivity contribution in [1.29, 1.82) is 0 Å². The highest BCUT2D eigenvalue weighted by molar-refractivity contribution is 4.95. The monoisotopic (exact) mass is 186 g/mol. The smallest absolute Gasteiger partial charge is 0.200 e. The fourth-order valence-corrected chi connectivity index (χ4v) is 0.503. The standard InChI is InChI=1S/C4H4F4.C4H10/c5-3(6)1-2-4(3,7)8;1-4(2)3/h1-2H2;4H,1-3H3. The summed E-state index contributed by atoms with van der Waals surface area (Å²) in [4.78, 5) is 0. The van der Waals surface area contributed by atoms with E-state index < -0.39 is 24.7 Å². The molecule has 1 aliphatic carbocycles. The second kappa shape index (κ2) is 3.62. The van der Waals surface area contributed by atoms with Gasteiger partial charge in [-0.3, -0.25) is 0 Å². The minimum atomic E-state index is -3.72. The predicted octanol–water partition coefficient (Wildman–Crippen LogP) is 3.71. The summed E-state index contributed by atoms with van der Waals surface area (Å²) in [5.74, 6) is -6.60. The summed E-state index contributed by atoms with van der Waals surface area (Å²) in [6.07, 6.45) is -1.33. The molecule has 12 heavy (non-hydrogen) atoms. The van der Waals surface area contributed by atoms with Crippen LogP contribution < -0.4 is 0 Å². The van der Waals surface area contributed by atoms with Gasteiger partial charge in [-0.1, -0.05) is 20.8 Å². The van der Waals surface area contributed by atoms with E-state index in [4.69, 9.17) is 0 Å². The molecule has 0 unspecified atom stereocenters. The Labute approximate surface area is 70.0 Å². The first-order chi connectivity index (χ1) is 5.19. The zero-order valence-electron chi connectivity index (χ0n) is 7.50. The predicted molar refractivity (Wildman–Crippen MR) is 39.6 cm³/mol. The van der Waals surface area contributed by atoms with Crippen LogP contribution in [0.1, 0.15) is 33.6 Å². The first-order valence-electron chi connectivity index (χ1n) is 3.95.